The maximum absolute atomic E-state index is 13.5. The van der Waals surface area contributed by atoms with E-state index in [1.54, 1.807) is 12.1 Å². The first-order valence-electron chi connectivity index (χ1n) is 7.03. The van der Waals surface area contributed by atoms with Gasteiger partial charge >= 0.3 is 0 Å². The molecule has 0 bridgehead atoms. The van der Waals surface area contributed by atoms with Crippen LogP contribution < -0.4 is 10.6 Å². The molecule has 0 amide bonds. The molecule has 6 heteroatoms. The zero-order valence-electron chi connectivity index (χ0n) is 13.0. The van der Waals surface area contributed by atoms with Gasteiger partial charge in [0.15, 0.2) is 5.96 Å². The number of nitrogens with zero attached hydrogens (tertiary/aromatic N) is 2. The number of hydrogen-bond acceptors (Lipinski definition) is 2. The normalized spacial score (nSPS) is 11.2. The third-order valence-electron chi connectivity index (χ3n) is 2.78. The highest BCUT2D eigenvalue weighted by atomic mass is 127. The summed E-state index contributed by atoms with van der Waals surface area (Å²) in [4.78, 5) is 6.55. The van der Waals surface area contributed by atoms with Gasteiger partial charge in [0, 0.05) is 18.7 Å². The van der Waals surface area contributed by atoms with Crippen molar-refractivity contribution in [3.63, 3.8) is 0 Å². The van der Waals surface area contributed by atoms with E-state index < -0.39 is 0 Å². The molecule has 0 aromatic heterocycles. The molecule has 1 rings (SSSR count). The van der Waals surface area contributed by atoms with E-state index in [9.17, 15) is 4.39 Å². The summed E-state index contributed by atoms with van der Waals surface area (Å²) in [5, 5.41) is 6.42. The van der Waals surface area contributed by atoms with E-state index in [1.165, 1.54) is 6.07 Å². The molecule has 2 N–H and O–H groups in total. The van der Waals surface area contributed by atoms with Crippen molar-refractivity contribution in [2.45, 2.75) is 19.9 Å². The van der Waals surface area contributed by atoms with Gasteiger partial charge in [0.1, 0.15) is 5.82 Å². The topological polar surface area (TPSA) is 39.7 Å². The zero-order chi connectivity index (χ0) is 14.8. The van der Waals surface area contributed by atoms with E-state index in [-0.39, 0.29) is 29.8 Å². The fraction of sp³-hybridized carbons (Fsp3) is 0.533. The SMILES string of the molecule is CCNC(=NCc1ccccc1F)NCCCN(C)C.I. The highest BCUT2D eigenvalue weighted by Crippen LogP contribution is 2.07. The average molecular weight is 408 g/mol. The fourth-order valence-corrected chi connectivity index (χ4v) is 1.73. The largest absolute Gasteiger partial charge is 0.357 e. The Bertz CT molecular complexity index is 424. The lowest BCUT2D eigenvalue weighted by Crippen LogP contribution is -2.38. The van der Waals surface area contributed by atoms with E-state index in [1.807, 2.05) is 13.0 Å². The quantitative estimate of drug-likeness (QED) is 0.315. The second-order valence-electron chi connectivity index (χ2n) is 4.87. The lowest BCUT2D eigenvalue weighted by Gasteiger charge is -2.13. The van der Waals surface area contributed by atoms with Gasteiger partial charge in [-0.05, 0) is 40.1 Å². The van der Waals surface area contributed by atoms with Crippen molar-refractivity contribution in [1.29, 1.82) is 0 Å². The van der Waals surface area contributed by atoms with E-state index in [4.69, 9.17) is 0 Å². The molecule has 1 aromatic carbocycles. The van der Waals surface area contributed by atoms with E-state index in [2.05, 4.69) is 34.6 Å². The summed E-state index contributed by atoms with van der Waals surface area (Å²) >= 11 is 0. The number of hydrogen-bond donors (Lipinski definition) is 2. The van der Waals surface area contributed by atoms with Crippen LogP contribution in [-0.2, 0) is 6.54 Å². The molecule has 4 nitrogen and oxygen atoms in total. The molecule has 0 aliphatic carbocycles. The van der Waals surface area contributed by atoms with Crippen LogP contribution in [0.2, 0.25) is 0 Å². The van der Waals surface area contributed by atoms with Gasteiger partial charge in [-0.25, -0.2) is 9.38 Å². The van der Waals surface area contributed by atoms with Crippen LogP contribution in [0.25, 0.3) is 0 Å². The first-order chi connectivity index (χ1) is 9.63. The summed E-state index contributed by atoms with van der Waals surface area (Å²) in [5.74, 6) is 0.522. The summed E-state index contributed by atoms with van der Waals surface area (Å²) in [6.45, 7) is 5.02. The number of nitrogens with one attached hydrogen (secondary N) is 2. The number of aliphatic imine (C=N–C) groups is 1. The molecule has 0 unspecified atom stereocenters. The summed E-state index contributed by atoms with van der Waals surface area (Å²) < 4.78 is 13.5. The van der Waals surface area contributed by atoms with Crippen LogP contribution in [0.15, 0.2) is 29.3 Å². The maximum Gasteiger partial charge on any atom is 0.191 e. The molecule has 0 atom stereocenters. The van der Waals surface area contributed by atoms with Gasteiger partial charge in [-0.1, -0.05) is 18.2 Å². The maximum atomic E-state index is 13.5. The van der Waals surface area contributed by atoms with Crippen molar-refractivity contribution in [1.82, 2.24) is 15.5 Å². The molecule has 21 heavy (non-hydrogen) atoms. The standard InChI is InChI=1S/C15H25FN4.HI/c1-4-17-15(18-10-7-11-20(2)3)19-12-13-8-5-6-9-14(13)16;/h5-6,8-9H,4,7,10-12H2,1-3H3,(H2,17,18,19);1H. The fourth-order valence-electron chi connectivity index (χ4n) is 1.73. The first kappa shape index (κ1) is 20.1. The third-order valence-corrected chi connectivity index (χ3v) is 2.78. The summed E-state index contributed by atoms with van der Waals surface area (Å²) in [6.07, 6.45) is 1.04. The van der Waals surface area contributed by atoms with Crippen LogP contribution in [0.3, 0.4) is 0 Å². The molecule has 0 aliphatic heterocycles. The molecule has 0 saturated heterocycles. The van der Waals surface area contributed by atoms with Gasteiger partial charge in [-0.15, -0.1) is 24.0 Å². The Kier molecular flexibility index (Phi) is 11.2. The Morgan fingerprint density at radius 1 is 1.24 bits per heavy atom. The van der Waals surface area contributed by atoms with Crippen molar-refractivity contribution >= 4 is 29.9 Å². The lowest BCUT2D eigenvalue weighted by atomic mass is 10.2. The lowest BCUT2D eigenvalue weighted by molar-refractivity contribution is 0.399. The Balaban J connectivity index is 0.00000400. The Morgan fingerprint density at radius 2 is 1.95 bits per heavy atom. The van der Waals surface area contributed by atoms with E-state index >= 15 is 0 Å². The minimum absolute atomic E-state index is 0. The Hall–Kier alpha value is -0.890. The second kappa shape index (κ2) is 11.7. The van der Waals surface area contributed by atoms with Crippen LogP contribution >= 0.6 is 24.0 Å². The first-order valence-corrected chi connectivity index (χ1v) is 7.03. The molecular formula is C15H26FIN4. The summed E-state index contributed by atoms with van der Waals surface area (Å²) in [7, 11) is 4.11. The van der Waals surface area contributed by atoms with Crippen LogP contribution in [0.1, 0.15) is 18.9 Å². The molecule has 120 valence electrons. The van der Waals surface area contributed by atoms with Gasteiger partial charge in [-0.3, -0.25) is 0 Å². The van der Waals surface area contributed by atoms with Crippen LogP contribution in [0.5, 0.6) is 0 Å². The van der Waals surface area contributed by atoms with E-state index in [0.29, 0.717) is 12.1 Å². The van der Waals surface area contributed by atoms with Gasteiger partial charge in [0.25, 0.3) is 0 Å². The monoisotopic (exact) mass is 408 g/mol. The molecule has 0 fully saturated rings. The second-order valence-corrected chi connectivity index (χ2v) is 4.87. The van der Waals surface area contributed by atoms with Crippen molar-refractivity contribution in [3.05, 3.63) is 35.6 Å². The zero-order valence-corrected chi connectivity index (χ0v) is 15.4. The number of rotatable bonds is 7. The number of guanidine groups is 1. The van der Waals surface area contributed by atoms with Crippen LogP contribution in [-0.4, -0.2) is 44.6 Å². The third kappa shape index (κ3) is 8.87. The molecular weight excluding hydrogens is 382 g/mol. The number of benzene rings is 1. The molecule has 1 aromatic rings. The minimum Gasteiger partial charge on any atom is -0.357 e. The Morgan fingerprint density at radius 3 is 2.57 bits per heavy atom. The summed E-state index contributed by atoms with van der Waals surface area (Å²) in [5.41, 5.74) is 0.609. The average Bonchev–Trinajstić information content (AvgIpc) is 2.42. The van der Waals surface area contributed by atoms with Crippen LogP contribution in [0, 0.1) is 5.82 Å². The van der Waals surface area contributed by atoms with Gasteiger partial charge < -0.3 is 15.5 Å². The van der Waals surface area contributed by atoms with Gasteiger partial charge in [0.05, 0.1) is 6.54 Å². The molecule has 0 saturated carbocycles. The predicted octanol–water partition coefficient (Wildman–Crippen LogP) is 2.45. The molecule has 0 spiro atoms. The molecule has 0 radical (unpaired) electrons. The van der Waals surface area contributed by atoms with Crippen LogP contribution in [0.4, 0.5) is 4.39 Å². The Labute approximate surface area is 144 Å². The smallest absolute Gasteiger partial charge is 0.191 e. The number of halogens is 2. The predicted molar refractivity (Wildman–Crippen MR) is 97.8 cm³/mol. The van der Waals surface area contributed by atoms with Gasteiger partial charge in [0.2, 0.25) is 0 Å². The minimum atomic E-state index is -0.209. The highest BCUT2D eigenvalue weighted by Gasteiger charge is 2.01. The van der Waals surface area contributed by atoms with Crippen molar-refractivity contribution in [2.24, 2.45) is 4.99 Å². The van der Waals surface area contributed by atoms with Gasteiger partial charge in [-0.2, -0.15) is 0 Å². The van der Waals surface area contributed by atoms with Crippen molar-refractivity contribution in [3.8, 4) is 0 Å². The molecule has 0 aliphatic rings. The highest BCUT2D eigenvalue weighted by molar-refractivity contribution is 14.0. The van der Waals surface area contributed by atoms with Crippen molar-refractivity contribution in [2.75, 3.05) is 33.7 Å². The molecule has 0 heterocycles. The van der Waals surface area contributed by atoms with E-state index in [0.717, 1.165) is 32.0 Å². The summed E-state index contributed by atoms with van der Waals surface area (Å²) in [6, 6.07) is 6.73. The van der Waals surface area contributed by atoms with Crippen molar-refractivity contribution < 1.29 is 4.39 Å².